The third kappa shape index (κ3) is 2.61. The van der Waals surface area contributed by atoms with Gasteiger partial charge in [-0.25, -0.2) is 4.79 Å². The zero-order valence-corrected chi connectivity index (χ0v) is 12.0. The van der Waals surface area contributed by atoms with Crippen LogP contribution in [0.1, 0.15) is 0 Å². The van der Waals surface area contributed by atoms with Crippen molar-refractivity contribution >= 4 is 48.8 Å². The molecule has 3 nitrogen and oxygen atoms in total. The van der Waals surface area contributed by atoms with E-state index >= 15 is 0 Å². The fraction of sp³-hybridized carbons (Fsp3) is 0.0833. The van der Waals surface area contributed by atoms with Crippen LogP contribution in [-0.4, -0.2) is 13.3 Å². The lowest BCUT2D eigenvalue weighted by molar-refractivity contribution is 0.121. The summed E-state index contributed by atoms with van der Waals surface area (Å²) in [6, 6.07) is 9.45. The molecule has 2 aromatic rings. The molecule has 0 atom stereocenters. The van der Waals surface area contributed by atoms with Crippen molar-refractivity contribution in [1.82, 2.24) is 0 Å². The predicted octanol–water partition coefficient (Wildman–Crippen LogP) is 4.51. The molecular formula is C12H8Br2O3. The summed E-state index contributed by atoms with van der Waals surface area (Å²) in [5.74, 6) is 0.437. The minimum Gasteiger partial charge on any atom is -0.437 e. The maximum absolute atomic E-state index is 11.1. The van der Waals surface area contributed by atoms with Gasteiger partial charge >= 0.3 is 6.16 Å². The quantitative estimate of drug-likeness (QED) is 0.555. The summed E-state index contributed by atoms with van der Waals surface area (Å²) in [7, 11) is 1.27. The van der Waals surface area contributed by atoms with Crippen molar-refractivity contribution in [3.8, 4) is 5.75 Å². The van der Waals surface area contributed by atoms with E-state index in [4.69, 9.17) is 4.74 Å². The van der Waals surface area contributed by atoms with Crippen molar-refractivity contribution in [2.75, 3.05) is 7.11 Å². The van der Waals surface area contributed by atoms with Gasteiger partial charge in [0.05, 0.1) is 11.6 Å². The molecule has 2 aromatic carbocycles. The first-order valence-corrected chi connectivity index (χ1v) is 6.34. The highest BCUT2D eigenvalue weighted by atomic mass is 79.9. The number of hydrogen-bond donors (Lipinski definition) is 0. The fourth-order valence-electron chi connectivity index (χ4n) is 1.45. The lowest BCUT2D eigenvalue weighted by atomic mass is 10.1. The Labute approximate surface area is 115 Å². The minimum absolute atomic E-state index is 0.437. The second kappa shape index (κ2) is 5.06. The number of halogens is 2. The van der Waals surface area contributed by atoms with E-state index < -0.39 is 6.16 Å². The van der Waals surface area contributed by atoms with Crippen LogP contribution >= 0.6 is 31.9 Å². The van der Waals surface area contributed by atoms with Crippen molar-refractivity contribution in [3.05, 3.63) is 39.3 Å². The summed E-state index contributed by atoms with van der Waals surface area (Å²) in [4.78, 5) is 11.1. The largest absolute Gasteiger partial charge is 0.513 e. The highest BCUT2D eigenvalue weighted by Gasteiger charge is 2.10. The van der Waals surface area contributed by atoms with Gasteiger partial charge in [-0.2, -0.15) is 0 Å². The van der Waals surface area contributed by atoms with Crippen LogP contribution in [0.15, 0.2) is 39.3 Å². The van der Waals surface area contributed by atoms with Gasteiger partial charge in [-0.15, -0.1) is 0 Å². The van der Waals surface area contributed by atoms with Crippen molar-refractivity contribution in [3.63, 3.8) is 0 Å². The first kappa shape index (κ1) is 12.4. The van der Waals surface area contributed by atoms with Crippen LogP contribution in [0.5, 0.6) is 5.75 Å². The standard InChI is InChI=1S/C12H8Br2O3/c1-16-12(15)17-10-5-2-7-6-8(13)3-4-9(7)11(10)14/h2-6H,1H3. The topological polar surface area (TPSA) is 35.5 Å². The Morgan fingerprint density at radius 3 is 2.65 bits per heavy atom. The van der Waals surface area contributed by atoms with Gasteiger partial charge < -0.3 is 9.47 Å². The summed E-state index contributed by atoms with van der Waals surface area (Å²) >= 11 is 6.82. The van der Waals surface area contributed by atoms with Gasteiger partial charge in [0.25, 0.3) is 0 Å². The van der Waals surface area contributed by atoms with Crippen molar-refractivity contribution in [1.29, 1.82) is 0 Å². The van der Waals surface area contributed by atoms with Crippen LogP contribution in [0.2, 0.25) is 0 Å². The Kier molecular flexibility index (Phi) is 3.69. The second-order valence-corrected chi connectivity index (χ2v) is 5.01. The molecule has 0 aliphatic heterocycles. The summed E-state index contributed by atoms with van der Waals surface area (Å²) in [6.45, 7) is 0. The Balaban J connectivity index is 2.50. The zero-order chi connectivity index (χ0) is 12.4. The number of ether oxygens (including phenoxy) is 2. The molecule has 0 fully saturated rings. The molecular weight excluding hydrogens is 352 g/mol. The third-order valence-corrected chi connectivity index (χ3v) is 3.55. The van der Waals surface area contributed by atoms with Crippen LogP contribution in [0, 0.1) is 0 Å². The van der Waals surface area contributed by atoms with E-state index in [1.807, 2.05) is 24.3 Å². The molecule has 0 radical (unpaired) electrons. The Hall–Kier alpha value is -1.07. The van der Waals surface area contributed by atoms with E-state index in [0.717, 1.165) is 19.7 Å². The number of benzene rings is 2. The molecule has 0 aromatic heterocycles. The average molecular weight is 360 g/mol. The van der Waals surface area contributed by atoms with Crippen molar-refractivity contribution in [2.45, 2.75) is 0 Å². The molecule has 0 unspecified atom stereocenters. The van der Waals surface area contributed by atoms with E-state index in [9.17, 15) is 4.79 Å². The van der Waals surface area contributed by atoms with E-state index in [-0.39, 0.29) is 0 Å². The van der Waals surface area contributed by atoms with Crippen LogP contribution in [0.25, 0.3) is 10.8 Å². The molecule has 0 heterocycles. The second-order valence-electron chi connectivity index (χ2n) is 3.30. The normalized spacial score (nSPS) is 10.3. The molecule has 0 saturated heterocycles. The molecule has 0 aliphatic carbocycles. The van der Waals surface area contributed by atoms with Crippen LogP contribution in [0.3, 0.4) is 0 Å². The Morgan fingerprint density at radius 2 is 1.94 bits per heavy atom. The van der Waals surface area contributed by atoms with Crippen LogP contribution in [0.4, 0.5) is 4.79 Å². The van der Waals surface area contributed by atoms with Crippen molar-refractivity contribution in [2.24, 2.45) is 0 Å². The van der Waals surface area contributed by atoms with Gasteiger partial charge in [0.15, 0.2) is 0 Å². The maximum Gasteiger partial charge on any atom is 0.513 e. The SMILES string of the molecule is COC(=O)Oc1ccc2cc(Br)ccc2c1Br. The Bertz CT molecular complexity index is 581. The molecule has 2 rings (SSSR count). The maximum atomic E-state index is 11.1. The number of carbonyl (C=O) groups excluding carboxylic acids is 1. The van der Waals surface area contributed by atoms with E-state index in [2.05, 4.69) is 36.6 Å². The van der Waals surface area contributed by atoms with Gasteiger partial charge in [-0.1, -0.05) is 28.1 Å². The molecule has 88 valence electrons. The van der Waals surface area contributed by atoms with Crippen LogP contribution in [-0.2, 0) is 4.74 Å². The number of fused-ring (bicyclic) bond motifs is 1. The van der Waals surface area contributed by atoms with Gasteiger partial charge in [0.1, 0.15) is 5.75 Å². The molecule has 0 bridgehead atoms. The monoisotopic (exact) mass is 358 g/mol. The molecule has 0 spiro atoms. The zero-order valence-electron chi connectivity index (χ0n) is 8.87. The number of rotatable bonds is 1. The third-order valence-electron chi connectivity index (χ3n) is 2.24. The van der Waals surface area contributed by atoms with Crippen molar-refractivity contribution < 1.29 is 14.3 Å². The number of methoxy groups -OCH3 is 1. The summed E-state index contributed by atoms with van der Waals surface area (Å²) in [5, 5.41) is 2.01. The van der Waals surface area contributed by atoms with E-state index in [1.165, 1.54) is 7.11 Å². The molecule has 17 heavy (non-hydrogen) atoms. The van der Waals surface area contributed by atoms with Gasteiger partial charge in [0, 0.05) is 4.47 Å². The highest BCUT2D eigenvalue weighted by molar-refractivity contribution is 9.11. The predicted molar refractivity (Wildman–Crippen MR) is 72.4 cm³/mol. The van der Waals surface area contributed by atoms with E-state index in [0.29, 0.717) is 5.75 Å². The molecule has 0 amide bonds. The number of carbonyl (C=O) groups is 1. The summed E-state index contributed by atoms with van der Waals surface area (Å²) in [6.07, 6.45) is -0.734. The minimum atomic E-state index is -0.734. The lowest BCUT2D eigenvalue weighted by Gasteiger charge is -2.08. The first-order valence-electron chi connectivity index (χ1n) is 4.75. The fourth-order valence-corrected chi connectivity index (χ4v) is 2.41. The first-order chi connectivity index (χ1) is 8.11. The van der Waals surface area contributed by atoms with Gasteiger partial charge in [-0.3, -0.25) is 0 Å². The number of hydrogen-bond acceptors (Lipinski definition) is 3. The van der Waals surface area contributed by atoms with Gasteiger partial charge in [-0.05, 0) is 44.9 Å². The lowest BCUT2D eigenvalue weighted by Crippen LogP contribution is -2.07. The van der Waals surface area contributed by atoms with Gasteiger partial charge in [0.2, 0.25) is 0 Å². The molecule has 0 N–H and O–H groups in total. The molecule has 0 aliphatic rings. The smallest absolute Gasteiger partial charge is 0.437 e. The molecule has 0 saturated carbocycles. The van der Waals surface area contributed by atoms with E-state index in [1.54, 1.807) is 6.07 Å². The van der Waals surface area contributed by atoms with Crippen LogP contribution < -0.4 is 4.74 Å². The Morgan fingerprint density at radius 1 is 1.18 bits per heavy atom. The summed E-state index contributed by atoms with van der Waals surface area (Å²) in [5.41, 5.74) is 0. The molecule has 5 heteroatoms. The highest BCUT2D eigenvalue weighted by Crippen LogP contribution is 2.34. The average Bonchev–Trinajstić information content (AvgIpc) is 2.32. The summed E-state index contributed by atoms with van der Waals surface area (Å²) < 4.78 is 11.2.